The Kier molecular flexibility index (Phi) is 5.07. The molecule has 1 fully saturated rings. The van der Waals surface area contributed by atoms with Crippen molar-refractivity contribution in [2.24, 2.45) is 7.05 Å². The van der Waals surface area contributed by atoms with E-state index in [1.165, 1.54) is 0 Å². The van der Waals surface area contributed by atoms with E-state index in [2.05, 4.69) is 33.3 Å². The van der Waals surface area contributed by atoms with Gasteiger partial charge in [0, 0.05) is 50.2 Å². The van der Waals surface area contributed by atoms with Crippen molar-refractivity contribution in [3.05, 3.63) is 35.7 Å². The SMILES string of the molecule is CCOC(=O)N1CCN(c2cc(N)n3nc(C)c(-c4ccc5c(c4)c(C)nn5C)c3n2)CC1. The standard InChI is InChI=1S/C23H28N8O2/c1-5-33-23(32)30-10-8-29(9-11-30)20-13-19(24)31-22(25-20)21(15(3)27-31)16-6-7-18-17(12-16)14(2)26-28(18)4/h6-7,12-13H,5,8-11,24H2,1-4H3. The zero-order valence-electron chi connectivity index (χ0n) is 19.4. The van der Waals surface area contributed by atoms with E-state index in [9.17, 15) is 4.79 Å². The van der Waals surface area contributed by atoms with Crippen LogP contribution in [0.1, 0.15) is 18.3 Å². The van der Waals surface area contributed by atoms with Crippen molar-refractivity contribution in [3.63, 3.8) is 0 Å². The summed E-state index contributed by atoms with van der Waals surface area (Å²) in [7, 11) is 1.95. The molecular weight excluding hydrogens is 420 g/mol. The maximum Gasteiger partial charge on any atom is 0.409 e. The predicted octanol–water partition coefficient (Wildman–Crippen LogP) is 2.76. The van der Waals surface area contributed by atoms with E-state index in [4.69, 9.17) is 15.5 Å². The van der Waals surface area contributed by atoms with Gasteiger partial charge in [-0.2, -0.15) is 14.7 Å². The highest BCUT2D eigenvalue weighted by Gasteiger charge is 2.24. The van der Waals surface area contributed by atoms with Crippen molar-refractivity contribution in [3.8, 4) is 11.1 Å². The van der Waals surface area contributed by atoms with Crippen LogP contribution in [0, 0.1) is 13.8 Å². The smallest absolute Gasteiger partial charge is 0.409 e. The number of amides is 1. The molecule has 1 aliphatic rings. The Bertz CT molecular complexity index is 1360. The molecule has 172 valence electrons. The van der Waals surface area contributed by atoms with E-state index in [0.29, 0.717) is 38.6 Å². The van der Waals surface area contributed by atoms with Gasteiger partial charge in [0.2, 0.25) is 0 Å². The topological polar surface area (TPSA) is 107 Å². The zero-order valence-corrected chi connectivity index (χ0v) is 19.4. The van der Waals surface area contributed by atoms with E-state index in [1.807, 2.05) is 38.6 Å². The van der Waals surface area contributed by atoms with E-state index in [-0.39, 0.29) is 6.09 Å². The van der Waals surface area contributed by atoms with Gasteiger partial charge in [0.15, 0.2) is 5.65 Å². The Morgan fingerprint density at radius 3 is 2.58 bits per heavy atom. The minimum atomic E-state index is -0.269. The number of nitrogens with two attached hydrogens (primary N) is 1. The molecule has 1 saturated heterocycles. The molecule has 1 amide bonds. The highest BCUT2D eigenvalue weighted by molar-refractivity contribution is 5.91. The summed E-state index contributed by atoms with van der Waals surface area (Å²) in [6.07, 6.45) is -0.269. The molecule has 0 radical (unpaired) electrons. The van der Waals surface area contributed by atoms with Crippen LogP contribution in [0.5, 0.6) is 0 Å². The lowest BCUT2D eigenvalue weighted by Crippen LogP contribution is -2.49. The van der Waals surface area contributed by atoms with Crippen molar-refractivity contribution in [1.29, 1.82) is 0 Å². The molecule has 1 aliphatic heterocycles. The Morgan fingerprint density at radius 2 is 1.85 bits per heavy atom. The second-order valence-electron chi connectivity index (χ2n) is 8.35. The Balaban J connectivity index is 1.53. The maximum absolute atomic E-state index is 12.0. The predicted molar refractivity (Wildman–Crippen MR) is 127 cm³/mol. The van der Waals surface area contributed by atoms with Gasteiger partial charge in [0.25, 0.3) is 0 Å². The molecule has 2 N–H and O–H groups in total. The summed E-state index contributed by atoms with van der Waals surface area (Å²) in [4.78, 5) is 20.9. The van der Waals surface area contributed by atoms with Gasteiger partial charge in [-0.1, -0.05) is 6.07 Å². The van der Waals surface area contributed by atoms with Crippen LogP contribution in [0.3, 0.4) is 0 Å². The number of fused-ring (bicyclic) bond motifs is 2. The van der Waals surface area contributed by atoms with Crippen LogP contribution in [0.15, 0.2) is 24.3 Å². The fraction of sp³-hybridized carbons (Fsp3) is 0.391. The first kappa shape index (κ1) is 21.0. The zero-order chi connectivity index (χ0) is 23.3. The monoisotopic (exact) mass is 448 g/mol. The van der Waals surface area contributed by atoms with Crippen molar-refractivity contribution >= 4 is 34.3 Å². The molecule has 0 atom stereocenters. The summed E-state index contributed by atoms with van der Waals surface area (Å²) in [5.41, 5.74) is 12.0. The van der Waals surface area contributed by atoms with Crippen LogP contribution in [0.25, 0.3) is 27.7 Å². The normalized spacial score (nSPS) is 14.4. The van der Waals surface area contributed by atoms with Crippen LogP contribution in [0.4, 0.5) is 16.4 Å². The van der Waals surface area contributed by atoms with Gasteiger partial charge < -0.3 is 20.3 Å². The molecule has 0 saturated carbocycles. The summed E-state index contributed by atoms with van der Waals surface area (Å²) in [5, 5.41) is 10.3. The van der Waals surface area contributed by atoms with E-state index >= 15 is 0 Å². The van der Waals surface area contributed by atoms with Crippen molar-refractivity contribution in [2.75, 3.05) is 43.4 Å². The number of aromatic nitrogens is 5. The third-order valence-electron chi connectivity index (χ3n) is 6.23. The number of nitrogens with zero attached hydrogens (tertiary/aromatic N) is 7. The Hall–Kier alpha value is -3.82. The molecule has 3 aromatic heterocycles. The second kappa shape index (κ2) is 7.95. The first-order valence-corrected chi connectivity index (χ1v) is 11.1. The largest absolute Gasteiger partial charge is 0.450 e. The molecule has 0 spiro atoms. The van der Waals surface area contributed by atoms with Crippen LogP contribution in [0.2, 0.25) is 0 Å². The number of piperazine rings is 1. The summed E-state index contributed by atoms with van der Waals surface area (Å²) in [6.45, 7) is 8.65. The third-order valence-corrected chi connectivity index (χ3v) is 6.23. The molecular formula is C23H28N8O2. The average molecular weight is 449 g/mol. The Labute approximate surface area is 191 Å². The molecule has 1 aromatic carbocycles. The van der Waals surface area contributed by atoms with E-state index < -0.39 is 0 Å². The number of anilines is 2. The summed E-state index contributed by atoms with van der Waals surface area (Å²) < 4.78 is 8.71. The summed E-state index contributed by atoms with van der Waals surface area (Å²) >= 11 is 0. The van der Waals surface area contributed by atoms with Gasteiger partial charge in [-0.25, -0.2) is 9.78 Å². The number of ether oxygens (including phenoxy) is 1. The molecule has 4 aromatic rings. The summed E-state index contributed by atoms with van der Waals surface area (Å²) in [5.74, 6) is 1.30. The van der Waals surface area contributed by atoms with E-state index in [1.54, 1.807) is 9.42 Å². The van der Waals surface area contributed by atoms with Crippen LogP contribution in [-0.2, 0) is 11.8 Å². The highest BCUT2D eigenvalue weighted by atomic mass is 16.6. The van der Waals surface area contributed by atoms with Gasteiger partial charge >= 0.3 is 6.09 Å². The van der Waals surface area contributed by atoms with Crippen LogP contribution < -0.4 is 10.6 Å². The van der Waals surface area contributed by atoms with Crippen molar-refractivity contribution in [1.82, 2.24) is 29.3 Å². The number of aryl methyl sites for hydroxylation is 3. The minimum absolute atomic E-state index is 0.269. The van der Waals surface area contributed by atoms with Crippen molar-refractivity contribution < 1.29 is 9.53 Å². The fourth-order valence-corrected chi connectivity index (χ4v) is 4.56. The van der Waals surface area contributed by atoms with Gasteiger partial charge in [-0.05, 0) is 38.5 Å². The average Bonchev–Trinajstić information content (AvgIpc) is 3.29. The van der Waals surface area contributed by atoms with Gasteiger partial charge in [0.1, 0.15) is 11.6 Å². The molecule has 10 nitrogen and oxygen atoms in total. The maximum atomic E-state index is 12.0. The fourth-order valence-electron chi connectivity index (χ4n) is 4.56. The number of hydrogen-bond acceptors (Lipinski definition) is 7. The molecule has 33 heavy (non-hydrogen) atoms. The first-order valence-electron chi connectivity index (χ1n) is 11.1. The lowest BCUT2D eigenvalue weighted by molar-refractivity contribution is 0.105. The van der Waals surface area contributed by atoms with E-state index in [0.717, 1.165) is 44.9 Å². The Morgan fingerprint density at radius 1 is 1.09 bits per heavy atom. The second-order valence-corrected chi connectivity index (χ2v) is 8.35. The van der Waals surface area contributed by atoms with Gasteiger partial charge in [-0.3, -0.25) is 4.68 Å². The number of benzene rings is 1. The highest BCUT2D eigenvalue weighted by Crippen LogP contribution is 2.33. The summed E-state index contributed by atoms with van der Waals surface area (Å²) in [6, 6.07) is 8.15. The number of carbonyl (C=O) groups excluding carboxylic acids is 1. The number of rotatable bonds is 3. The third kappa shape index (κ3) is 3.51. The molecule has 10 heteroatoms. The van der Waals surface area contributed by atoms with Gasteiger partial charge in [-0.15, -0.1) is 0 Å². The van der Waals surface area contributed by atoms with Crippen LogP contribution >= 0.6 is 0 Å². The number of nitrogen functional groups attached to an aromatic ring is 1. The van der Waals surface area contributed by atoms with Crippen LogP contribution in [-0.4, -0.2) is 68.2 Å². The molecule has 0 bridgehead atoms. The molecule has 0 unspecified atom stereocenters. The van der Waals surface area contributed by atoms with Gasteiger partial charge in [0.05, 0.1) is 23.5 Å². The molecule has 5 rings (SSSR count). The van der Waals surface area contributed by atoms with Crippen molar-refractivity contribution in [2.45, 2.75) is 20.8 Å². The molecule has 4 heterocycles. The molecule has 0 aliphatic carbocycles. The first-order chi connectivity index (χ1) is 15.9. The quantitative estimate of drug-likeness (QED) is 0.513. The number of carbonyl (C=O) groups is 1. The minimum Gasteiger partial charge on any atom is -0.450 e. The lowest BCUT2D eigenvalue weighted by Gasteiger charge is -2.34. The number of hydrogen-bond donors (Lipinski definition) is 1. The lowest BCUT2D eigenvalue weighted by atomic mass is 10.0.